The zero-order valence-electron chi connectivity index (χ0n) is 12.6. The van der Waals surface area contributed by atoms with Gasteiger partial charge in [-0.3, -0.25) is 0 Å². The minimum Gasteiger partial charge on any atom is -0.504 e. The summed E-state index contributed by atoms with van der Waals surface area (Å²) in [4.78, 5) is 0. The lowest BCUT2D eigenvalue weighted by Crippen LogP contribution is -2.35. The Labute approximate surface area is 125 Å². The van der Waals surface area contributed by atoms with Crippen molar-refractivity contribution in [1.82, 2.24) is 0 Å². The van der Waals surface area contributed by atoms with Gasteiger partial charge in [-0.15, -0.1) is 0 Å². The normalized spacial score (nSPS) is 10.4. The number of aryl methyl sites for hydroxylation is 1. The van der Waals surface area contributed by atoms with Gasteiger partial charge in [-0.25, -0.2) is 0 Å². The molecule has 112 valence electrons. The van der Waals surface area contributed by atoms with Gasteiger partial charge < -0.3 is 14.6 Å². The molecule has 0 atom stereocenters. The fraction of sp³-hybridized carbons (Fsp3) is 0.353. The summed E-state index contributed by atoms with van der Waals surface area (Å²) in [5.74, 6) is 1.60. The summed E-state index contributed by atoms with van der Waals surface area (Å²) in [5, 5.41) is 9.88. The monoisotopic (exact) mass is 288 g/mol. The van der Waals surface area contributed by atoms with Gasteiger partial charge in [0, 0.05) is 19.4 Å². The van der Waals surface area contributed by atoms with Crippen molar-refractivity contribution in [2.24, 2.45) is 0 Å². The van der Waals surface area contributed by atoms with E-state index in [0.717, 1.165) is 24.4 Å². The van der Waals surface area contributed by atoms with Gasteiger partial charge in [0.1, 0.15) is 12.3 Å². The number of aromatic nitrogens is 1. The van der Waals surface area contributed by atoms with Crippen molar-refractivity contribution < 1.29 is 19.1 Å². The highest BCUT2D eigenvalue weighted by molar-refractivity contribution is 5.38. The second-order valence-electron chi connectivity index (χ2n) is 4.77. The fourth-order valence-electron chi connectivity index (χ4n) is 2.12. The third kappa shape index (κ3) is 4.12. The average molecular weight is 288 g/mol. The molecule has 0 saturated heterocycles. The van der Waals surface area contributed by atoms with Crippen molar-refractivity contribution in [3.05, 3.63) is 48.3 Å². The van der Waals surface area contributed by atoms with E-state index < -0.39 is 0 Å². The van der Waals surface area contributed by atoms with E-state index in [2.05, 4.69) is 6.92 Å². The Hall–Kier alpha value is -2.23. The van der Waals surface area contributed by atoms with Crippen LogP contribution < -0.4 is 14.0 Å². The molecule has 0 aliphatic carbocycles. The first kappa shape index (κ1) is 15.2. The van der Waals surface area contributed by atoms with Crippen LogP contribution in [0.25, 0.3) is 0 Å². The van der Waals surface area contributed by atoms with Gasteiger partial charge in [0.05, 0.1) is 13.2 Å². The first-order valence-corrected chi connectivity index (χ1v) is 7.25. The molecule has 0 bridgehead atoms. The number of hydrogen-bond acceptors (Lipinski definition) is 3. The highest BCUT2D eigenvalue weighted by Crippen LogP contribution is 2.26. The topological polar surface area (TPSA) is 42.6 Å². The van der Waals surface area contributed by atoms with Gasteiger partial charge in [0.25, 0.3) is 0 Å². The van der Waals surface area contributed by atoms with Crippen molar-refractivity contribution >= 4 is 0 Å². The Morgan fingerprint density at radius 2 is 1.76 bits per heavy atom. The summed E-state index contributed by atoms with van der Waals surface area (Å²) in [7, 11) is 0. The van der Waals surface area contributed by atoms with Crippen LogP contribution in [0.15, 0.2) is 42.6 Å². The van der Waals surface area contributed by atoms with Crippen LogP contribution in [0.4, 0.5) is 0 Å². The number of nitrogens with zero attached hydrogens (tertiary/aromatic N) is 1. The van der Waals surface area contributed by atoms with Gasteiger partial charge in [-0.05, 0) is 19.1 Å². The van der Waals surface area contributed by atoms with E-state index in [4.69, 9.17) is 9.47 Å². The van der Waals surface area contributed by atoms with Gasteiger partial charge in [0.15, 0.2) is 11.9 Å². The molecule has 4 nitrogen and oxygen atoms in total. The van der Waals surface area contributed by atoms with Crippen LogP contribution in [-0.4, -0.2) is 18.3 Å². The minimum absolute atomic E-state index is 0.182. The fourth-order valence-corrected chi connectivity index (χ4v) is 2.12. The number of aromatic hydroxyl groups is 1. The Bertz CT molecular complexity index is 570. The smallest absolute Gasteiger partial charge is 0.228 e. The van der Waals surface area contributed by atoms with Crippen LogP contribution in [0.5, 0.6) is 17.2 Å². The standard InChI is InChI=1S/C17H21NO3/c1-3-18-11-10-16(19)17(14(18)2)21-13-7-12-20-15-8-5-4-6-9-15/h4-6,8-11H,3,7,12-13H2,1-2H3/p+1. The van der Waals surface area contributed by atoms with Crippen LogP contribution in [-0.2, 0) is 6.54 Å². The summed E-state index contributed by atoms with van der Waals surface area (Å²) in [6.07, 6.45) is 2.62. The van der Waals surface area contributed by atoms with Crippen molar-refractivity contribution in [2.75, 3.05) is 13.2 Å². The third-order valence-corrected chi connectivity index (χ3v) is 3.29. The molecule has 21 heavy (non-hydrogen) atoms. The summed E-state index contributed by atoms with van der Waals surface area (Å²) < 4.78 is 13.3. The molecule has 1 aromatic carbocycles. The number of benzene rings is 1. The molecule has 1 heterocycles. The van der Waals surface area contributed by atoms with E-state index >= 15 is 0 Å². The largest absolute Gasteiger partial charge is 0.504 e. The molecular weight excluding hydrogens is 266 g/mol. The van der Waals surface area contributed by atoms with Crippen LogP contribution in [0.2, 0.25) is 0 Å². The number of rotatable bonds is 7. The second kappa shape index (κ2) is 7.53. The molecule has 0 radical (unpaired) electrons. The maximum absolute atomic E-state index is 9.88. The molecule has 0 aliphatic rings. The van der Waals surface area contributed by atoms with E-state index in [1.165, 1.54) is 0 Å². The van der Waals surface area contributed by atoms with E-state index in [1.807, 2.05) is 48.0 Å². The molecule has 0 amide bonds. The Balaban J connectivity index is 1.81. The first-order chi connectivity index (χ1) is 10.2. The van der Waals surface area contributed by atoms with Gasteiger partial charge in [0.2, 0.25) is 11.4 Å². The zero-order valence-corrected chi connectivity index (χ0v) is 12.6. The lowest BCUT2D eigenvalue weighted by molar-refractivity contribution is -0.699. The van der Waals surface area contributed by atoms with E-state index in [0.29, 0.717) is 19.0 Å². The summed E-state index contributed by atoms with van der Waals surface area (Å²) in [6.45, 7) is 5.94. The number of para-hydroxylation sites is 1. The SMILES string of the molecule is CC[n+]1ccc(O)c(OCCCOc2ccccc2)c1C. The van der Waals surface area contributed by atoms with E-state index in [1.54, 1.807) is 6.07 Å². The molecule has 0 unspecified atom stereocenters. The summed E-state index contributed by atoms with van der Waals surface area (Å²) in [6, 6.07) is 11.4. The quantitative estimate of drug-likeness (QED) is 0.629. The molecule has 0 spiro atoms. The lowest BCUT2D eigenvalue weighted by Gasteiger charge is -2.10. The van der Waals surface area contributed by atoms with Gasteiger partial charge in [-0.1, -0.05) is 18.2 Å². The maximum atomic E-state index is 9.88. The Morgan fingerprint density at radius 1 is 1.05 bits per heavy atom. The van der Waals surface area contributed by atoms with E-state index in [9.17, 15) is 5.11 Å². The van der Waals surface area contributed by atoms with Crippen LogP contribution in [0.1, 0.15) is 19.0 Å². The molecule has 2 rings (SSSR count). The van der Waals surface area contributed by atoms with Gasteiger partial charge in [-0.2, -0.15) is 4.57 Å². The molecule has 2 aromatic rings. The Morgan fingerprint density at radius 3 is 2.48 bits per heavy atom. The summed E-state index contributed by atoms with van der Waals surface area (Å²) in [5.41, 5.74) is 0.932. The first-order valence-electron chi connectivity index (χ1n) is 7.25. The maximum Gasteiger partial charge on any atom is 0.228 e. The molecular formula is C17H22NO3+. The van der Waals surface area contributed by atoms with Crippen molar-refractivity contribution in [3.8, 4) is 17.2 Å². The molecule has 1 aromatic heterocycles. The zero-order chi connectivity index (χ0) is 15.1. The van der Waals surface area contributed by atoms with Gasteiger partial charge >= 0.3 is 0 Å². The second-order valence-corrected chi connectivity index (χ2v) is 4.77. The molecule has 0 aliphatic heterocycles. The molecule has 4 heteroatoms. The molecule has 1 N–H and O–H groups in total. The molecule has 0 saturated carbocycles. The minimum atomic E-state index is 0.182. The van der Waals surface area contributed by atoms with Crippen molar-refractivity contribution in [1.29, 1.82) is 0 Å². The average Bonchev–Trinajstić information content (AvgIpc) is 2.51. The van der Waals surface area contributed by atoms with Crippen LogP contribution in [0, 0.1) is 6.92 Å². The van der Waals surface area contributed by atoms with Crippen LogP contribution in [0.3, 0.4) is 0 Å². The van der Waals surface area contributed by atoms with E-state index in [-0.39, 0.29) is 5.75 Å². The predicted octanol–water partition coefficient (Wildman–Crippen LogP) is 2.86. The third-order valence-electron chi connectivity index (χ3n) is 3.29. The molecule has 0 fully saturated rings. The van der Waals surface area contributed by atoms with Crippen molar-refractivity contribution in [2.45, 2.75) is 26.8 Å². The van der Waals surface area contributed by atoms with Crippen molar-refractivity contribution in [3.63, 3.8) is 0 Å². The highest BCUT2D eigenvalue weighted by atomic mass is 16.5. The summed E-state index contributed by atoms with van der Waals surface area (Å²) >= 11 is 0. The van der Waals surface area contributed by atoms with Crippen LogP contribution >= 0.6 is 0 Å². The number of ether oxygens (including phenoxy) is 2. The predicted molar refractivity (Wildman–Crippen MR) is 80.8 cm³/mol. The Kier molecular flexibility index (Phi) is 5.43. The highest BCUT2D eigenvalue weighted by Gasteiger charge is 2.16. The lowest BCUT2D eigenvalue weighted by atomic mass is 10.3. The number of pyridine rings is 1. The number of hydrogen-bond donors (Lipinski definition) is 1.